The number of carbonyl (C=O) groups excluding carboxylic acids is 2. The van der Waals surface area contributed by atoms with Crippen LogP contribution in [0.4, 0.5) is 0 Å². The van der Waals surface area contributed by atoms with Crippen molar-refractivity contribution in [2.24, 2.45) is 0 Å². The number of nitrogens with one attached hydrogen (secondary N) is 1. The third-order valence-corrected chi connectivity index (χ3v) is 6.56. The summed E-state index contributed by atoms with van der Waals surface area (Å²) in [5.74, 6) is 0.412. The van der Waals surface area contributed by atoms with E-state index in [4.69, 9.17) is 9.47 Å². The monoisotopic (exact) mass is 479 g/mol. The average molecular weight is 480 g/mol. The van der Waals surface area contributed by atoms with Crippen molar-refractivity contribution < 1.29 is 19.1 Å². The summed E-state index contributed by atoms with van der Waals surface area (Å²) in [6, 6.07) is 9.34. The molecule has 1 N–H and O–H groups in total. The smallest absolute Gasteiger partial charge is 0.269 e. The highest BCUT2D eigenvalue weighted by molar-refractivity contribution is 5.92. The van der Waals surface area contributed by atoms with Gasteiger partial charge in [-0.3, -0.25) is 14.3 Å². The van der Waals surface area contributed by atoms with Crippen molar-refractivity contribution >= 4 is 11.8 Å². The van der Waals surface area contributed by atoms with Crippen molar-refractivity contribution in [3.63, 3.8) is 0 Å². The van der Waals surface area contributed by atoms with E-state index in [0.29, 0.717) is 49.9 Å². The Morgan fingerprint density at radius 2 is 2.14 bits per heavy atom. The van der Waals surface area contributed by atoms with Crippen LogP contribution >= 0.6 is 0 Å². The second-order valence-electron chi connectivity index (χ2n) is 9.00. The molecule has 1 aromatic carbocycles. The summed E-state index contributed by atoms with van der Waals surface area (Å²) >= 11 is 0. The minimum Gasteiger partial charge on any atom is -0.484 e. The number of likely N-dealkylation sites (tertiary alicyclic amines) is 1. The SMILES string of the molecule is CCn1nccc1C(=O)NCc1nnn2c1COC1(CCN(C(=O)COc3cccc(C)c3)C1)C2. The lowest BCUT2D eigenvalue weighted by atomic mass is 10.0. The van der Waals surface area contributed by atoms with Gasteiger partial charge in [0.2, 0.25) is 0 Å². The zero-order chi connectivity index (χ0) is 24.4. The number of carbonyl (C=O) groups is 2. The van der Waals surface area contributed by atoms with Crippen molar-refractivity contribution in [3.05, 3.63) is 59.2 Å². The number of ether oxygens (including phenoxy) is 2. The fourth-order valence-corrected chi connectivity index (χ4v) is 4.61. The first-order valence-corrected chi connectivity index (χ1v) is 11.8. The van der Waals surface area contributed by atoms with Crippen LogP contribution in [-0.4, -0.2) is 66.8 Å². The van der Waals surface area contributed by atoms with Crippen LogP contribution in [0.2, 0.25) is 0 Å². The maximum atomic E-state index is 12.7. The highest BCUT2D eigenvalue weighted by Gasteiger charge is 2.44. The molecule has 2 amide bonds. The van der Waals surface area contributed by atoms with Crippen LogP contribution in [0.15, 0.2) is 36.5 Å². The Kier molecular flexibility index (Phi) is 6.25. The number of nitrogens with zero attached hydrogens (tertiary/aromatic N) is 6. The number of aromatic nitrogens is 5. The summed E-state index contributed by atoms with van der Waals surface area (Å²) in [6.45, 7) is 6.70. The predicted molar refractivity (Wildman–Crippen MR) is 124 cm³/mol. The molecule has 1 spiro atoms. The van der Waals surface area contributed by atoms with Gasteiger partial charge in [0.1, 0.15) is 22.7 Å². The minimum absolute atomic E-state index is 0.00507. The summed E-state index contributed by atoms with van der Waals surface area (Å²) in [7, 11) is 0. The van der Waals surface area contributed by atoms with E-state index in [9.17, 15) is 9.59 Å². The van der Waals surface area contributed by atoms with Crippen molar-refractivity contribution in [2.75, 3.05) is 19.7 Å². The molecular formula is C24H29N7O4. The Balaban J connectivity index is 1.16. The number of benzene rings is 1. The van der Waals surface area contributed by atoms with E-state index in [-0.39, 0.29) is 25.0 Å². The van der Waals surface area contributed by atoms with Gasteiger partial charge in [-0.2, -0.15) is 5.10 Å². The molecule has 4 heterocycles. The number of aryl methyl sites for hydroxylation is 2. The molecule has 11 nitrogen and oxygen atoms in total. The van der Waals surface area contributed by atoms with E-state index < -0.39 is 5.60 Å². The Labute approximate surface area is 203 Å². The van der Waals surface area contributed by atoms with Gasteiger partial charge in [-0.25, -0.2) is 4.68 Å². The summed E-state index contributed by atoms with van der Waals surface area (Å²) in [5, 5.41) is 15.6. The van der Waals surface area contributed by atoms with Gasteiger partial charge in [0.15, 0.2) is 6.61 Å². The predicted octanol–water partition coefficient (Wildman–Crippen LogP) is 1.31. The minimum atomic E-state index is -0.492. The molecule has 0 saturated carbocycles. The highest BCUT2D eigenvalue weighted by Crippen LogP contribution is 2.32. The maximum absolute atomic E-state index is 12.7. The van der Waals surface area contributed by atoms with Gasteiger partial charge in [-0.05, 0) is 44.0 Å². The second-order valence-corrected chi connectivity index (χ2v) is 9.00. The molecule has 3 aromatic rings. The largest absolute Gasteiger partial charge is 0.484 e. The molecule has 5 rings (SSSR count). The zero-order valence-corrected chi connectivity index (χ0v) is 19.9. The van der Waals surface area contributed by atoms with Crippen molar-refractivity contribution in [3.8, 4) is 5.75 Å². The molecule has 184 valence electrons. The molecule has 1 unspecified atom stereocenters. The van der Waals surface area contributed by atoms with E-state index >= 15 is 0 Å². The van der Waals surface area contributed by atoms with Gasteiger partial charge >= 0.3 is 0 Å². The van der Waals surface area contributed by atoms with Crippen LogP contribution < -0.4 is 10.1 Å². The summed E-state index contributed by atoms with van der Waals surface area (Å²) in [5.41, 5.74) is 2.61. The number of fused-ring (bicyclic) bond motifs is 1. The number of hydrogen-bond donors (Lipinski definition) is 1. The standard InChI is InChI=1S/C24H29N7O4/c1-3-30-20(7-9-26-30)23(33)25-12-19-21-13-35-24(16-31(21)28-27-19)8-10-29(15-24)22(32)14-34-18-6-4-5-17(2)11-18/h4-7,9,11H,3,8,10,12-16H2,1-2H3,(H,25,33). The normalized spacial score (nSPS) is 19.1. The third kappa shape index (κ3) is 4.76. The molecule has 35 heavy (non-hydrogen) atoms. The van der Waals surface area contributed by atoms with Crippen molar-refractivity contribution in [1.29, 1.82) is 0 Å². The molecule has 0 bridgehead atoms. The number of rotatable bonds is 7. The van der Waals surface area contributed by atoms with Gasteiger partial charge in [0.25, 0.3) is 11.8 Å². The third-order valence-electron chi connectivity index (χ3n) is 6.56. The summed E-state index contributed by atoms with van der Waals surface area (Å²) in [4.78, 5) is 27.0. The quantitative estimate of drug-likeness (QED) is 0.543. The molecule has 2 aliphatic rings. The van der Waals surface area contributed by atoms with Crippen LogP contribution in [0.5, 0.6) is 5.75 Å². The molecule has 2 aromatic heterocycles. The molecule has 1 atom stereocenters. The van der Waals surface area contributed by atoms with Crippen LogP contribution in [-0.2, 0) is 35.8 Å². The van der Waals surface area contributed by atoms with Crippen molar-refractivity contribution in [1.82, 2.24) is 35.0 Å². The molecule has 0 radical (unpaired) electrons. The van der Waals surface area contributed by atoms with Gasteiger partial charge in [-0.1, -0.05) is 17.3 Å². The zero-order valence-electron chi connectivity index (χ0n) is 19.9. The molecule has 1 saturated heterocycles. The van der Waals surface area contributed by atoms with Crippen LogP contribution in [0.1, 0.15) is 40.8 Å². The Hall–Kier alpha value is -3.73. The Bertz CT molecular complexity index is 1240. The first kappa shape index (κ1) is 23.0. The van der Waals surface area contributed by atoms with Gasteiger partial charge in [0.05, 0.1) is 31.9 Å². The molecule has 0 aliphatic carbocycles. The summed E-state index contributed by atoms with van der Waals surface area (Å²) in [6.07, 6.45) is 2.33. The first-order chi connectivity index (χ1) is 17.0. The van der Waals surface area contributed by atoms with Crippen LogP contribution in [0.25, 0.3) is 0 Å². The van der Waals surface area contributed by atoms with E-state index in [1.165, 1.54) is 0 Å². The lowest BCUT2D eigenvalue weighted by molar-refractivity contribution is -0.135. The molecular weight excluding hydrogens is 450 g/mol. The second kappa shape index (κ2) is 9.49. The van der Waals surface area contributed by atoms with E-state index in [0.717, 1.165) is 17.7 Å². The Morgan fingerprint density at radius 1 is 1.26 bits per heavy atom. The lowest BCUT2D eigenvalue weighted by Crippen LogP contribution is -2.46. The van der Waals surface area contributed by atoms with Gasteiger partial charge < -0.3 is 19.7 Å². The van der Waals surface area contributed by atoms with Gasteiger partial charge in [-0.15, -0.1) is 5.10 Å². The van der Waals surface area contributed by atoms with E-state index in [1.807, 2.05) is 42.8 Å². The van der Waals surface area contributed by atoms with Crippen LogP contribution in [0.3, 0.4) is 0 Å². The molecule has 2 aliphatic heterocycles. The first-order valence-electron chi connectivity index (χ1n) is 11.8. The average Bonchev–Trinajstić information content (AvgIpc) is 3.60. The maximum Gasteiger partial charge on any atom is 0.269 e. The lowest BCUT2D eigenvalue weighted by Gasteiger charge is -2.33. The van der Waals surface area contributed by atoms with E-state index in [2.05, 4.69) is 20.7 Å². The summed E-state index contributed by atoms with van der Waals surface area (Å²) < 4.78 is 15.4. The molecule has 11 heteroatoms. The van der Waals surface area contributed by atoms with Gasteiger partial charge in [0, 0.05) is 19.3 Å². The van der Waals surface area contributed by atoms with E-state index in [1.54, 1.807) is 21.8 Å². The number of hydrogen-bond acceptors (Lipinski definition) is 7. The fourth-order valence-electron chi connectivity index (χ4n) is 4.61. The van der Waals surface area contributed by atoms with Crippen molar-refractivity contribution in [2.45, 2.75) is 52.1 Å². The van der Waals surface area contributed by atoms with Crippen LogP contribution in [0, 0.1) is 6.92 Å². The number of amides is 2. The Morgan fingerprint density at radius 3 is 2.97 bits per heavy atom. The highest BCUT2D eigenvalue weighted by atomic mass is 16.5. The fraction of sp³-hybridized carbons (Fsp3) is 0.458. The topological polar surface area (TPSA) is 116 Å². The molecule has 1 fully saturated rings.